The fraction of sp³-hybridized carbons (Fsp3) is 0.312. The Morgan fingerprint density at radius 2 is 1.89 bits per heavy atom. The van der Waals surface area contributed by atoms with Gasteiger partial charge >= 0.3 is 0 Å². The van der Waals surface area contributed by atoms with Crippen molar-refractivity contribution in [2.75, 3.05) is 6.54 Å². The van der Waals surface area contributed by atoms with Crippen molar-refractivity contribution < 1.29 is 4.39 Å². The molecule has 0 aliphatic carbocycles. The molecule has 0 fully saturated rings. The number of nitrogens with zero attached hydrogens (tertiary/aromatic N) is 1. The average molecular weight is 258 g/mol. The van der Waals surface area contributed by atoms with Crippen LogP contribution in [-0.2, 0) is 6.42 Å². The van der Waals surface area contributed by atoms with E-state index in [9.17, 15) is 4.39 Å². The summed E-state index contributed by atoms with van der Waals surface area (Å²) in [6, 6.07) is 11.1. The van der Waals surface area contributed by atoms with E-state index < -0.39 is 0 Å². The van der Waals surface area contributed by atoms with Crippen LogP contribution >= 0.6 is 0 Å². The van der Waals surface area contributed by atoms with Gasteiger partial charge in [-0.15, -0.1) is 0 Å². The SMILES string of the molecule is CCNC(CCc1ccncc1)c1ccccc1F. The molecule has 0 aliphatic heterocycles. The number of benzene rings is 1. The summed E-state index contributed by atoms with van der Waals surface area (Å²) in [7, 11) is 0. The van der Waals surface area contributed by atoms with E-state index in [2.05, 4.69) is 10.3 Å². The fourth-order valence-corrected chi connectivity index (χ4v) is 2.23. The number of hydrogen-bond donors (Lipinski definition) is 1. The summed E-state index contributed by atoms with van der Waals surface area (Å²) in [6.45, 7) is 2.87. The first-order chi connectivity index (χ1) is 9.31. The predicted octanol–water partition coefficient (Wildman–Crippen LogP) is 3.50. The molecule has 2 nitrogen and oxygen atoms in total. The quantitative estimate of drug-likeness (QED) is 0.857. The summed E-state index contributed by atoms with van der Waals surface area (Å²) < 4.78 is 13.8. The molecule has 100 valence electrons. The van der Waals surface area contributed by atoms with Crippen LogP contribution < -0.4 is 5.32 Å². The number of nitrogens with one attached hydrogen (secondary N) is 1. The summed E-state index contributed by atoms with van der Waals surface area (Å²) >= 11 is 0. The third-order valence-corrected chi connectivity index (χ3v) is 3.20. The van der Waals surface area contributed by atoms with Crippen molar-refractivity contribution >= 4 is 0 Å². The minimum absolute atomic E-state index is 0.0550. The third kappa shape index (κ3) is 3.86. The predicted molar refractivity (Wildman–Crippen MR) is 75.4 cm³/mol. The van der Waals surface area contributed by atoms with Gasteiger partial charge in [0, 0.05) is 24.0 Å². The number of hydrogen-bond acceptors (Lipinski definition) is 2. The van der Waals surface area contributed by atoms with Crippen LogP contribution in [0.4, 0.5) is 4.39 Å². The molecule has 0 amide bonds. The molecule has 1 atom stereocenters. The smallest absolute Gasteiger partial charge is 0.127 e. The lowest BCUT2D eigenvalue weighted by atomic mass is 9.99. The Hall–Kier alpha value is -1.74. The van der Waals surface area contributed by atoms with Crippen LogP contribution in [0.1, 0.15) is 30.5 Å². The Bertz CT molecular complexity index is 499. The second kappa shape index (κ2) is 7.00. The Balaban J connectivity index is 2.07. The standard InChI is InChI=1S/C16H19FN2/c1-2-19-16(14-5-3-4-6-15(14)17)8-7-13-9-11-18-12-10-13/h3-6,9-12,16,19H,2,7-8H2,1H3. The lowest BCUT2D eigenvalue weighted by Crippen LogP contribution is -2.22. The molecule has 19 heavy (non-hydrogen) atoms. The Kier molecular flexibility index (Phi) is 5.04. The van der Waals surface area contributed by atoms with Crippen molar-refractivity contribution in [1.82, 2.24) is 10.3 Å². The molecule has 1 aromatic carbocycles. The summed E-state index contributed by atoms with van der Waals surface area (Å²) in [5, 5.41) is 3.35. The number of rotatable bonds is 6. The van der Waals surface area contributed by atoms with Gasteiger partial charge in [-0.1, -0.05) is 25.1 Å². The minimum Gasteiger partial charge on any atom is -0.310 e. The van der Waals surface area contributed by atoms with Gasteiger partial charge in [0.2, 0.25) is 0 Å². The molecule has 2 aromatic rings. The monoisotopic (exact) mass is 258 g/mol. The zero-order valence-electron chi connectivity index (χ0n) is 11.1. The molecular weight excluding hydrogens is 239 g/mol. The lowest BCUT2D eigenvalue weighted by molar-refractivity contribution is 0.485. The normalized spacial score (nSPS) is 12.3. The third-order valence-electron chi connectivity index (χ3n) is 3.20. The molecule has 0 saturated heterocycles. The molecule has 0 aliphatic rings. The Morgan fingerprint density at radius 1 is 1.16 bits per heavy atom. The second-order valence-electron chi connectivity index (χ2n) is 4.53. The van der Waals surface area contributed by atoms with E-state index in [1.165, 1.54) is 11.6 Å². The van der Waals surface area contributed by atoms with Crippen LogP contribution in [-0.4, -0.2) is 11.5 Å². The molecule has 1 aromatic heterocycles. The van der Waals surface area contributed by atoms with Gasteiger partial charge in [-0.3, -0.25) is 4.98 Å². The zero-order valence-corrected chi connectivity index (χ0v) is 11.1. The summed E-state index contributed by atoms with van der Waals surface area (Å²) in [6.07, 6.45) is 5.37. The van der Waals surface area contributed by atoms with Crippen LogP contribution in [0.2, 0.25) is 0 Å². The lowest BCUT2D eigenvalue weighted by Gasteiger charge is -2.19. The first kappa shape index (κ1) is 13.7. The largest absolute Gasteiger partial charge is 0.310 e. The van der Waals surface area contributed by atoms with Gasteiger partial charge in [-0.05, 0) is 43.1 Å². The first-order valence-electron chi connectivity index (χ1n) is 6.68. The van der Waals surface area contributed by atoms with Crippen molar-refractivity contribution in [2.45, 2.75) is 25.8 Å². The van der Waals surface area contributed by atoms with Crippen LogP contribution in [0.15, 0.2) is 48.8 Å². The van der Waals surface area contributed by atoms with Gasteiger partial charge in [-0.25, -0.2) is 4.39 Å². The van der Waals surface area contributed by atoms with Crippen molar-refractivity contribution in [1.29, 1.82) is 0 Å². The summed E-state index contributed by atoms with van der Waals surface area (Å²) in [4.78, 5) is 4.01. The molecule has 1 heterocycles. The van der Waals surface area contributed by atoms with E-state index in [4.69, 9.17) is 0 Å². The van der Waals surface area contributed by atoms with Gasteiger partial charge in [0.15, 0.2) is 0 Å². The van der Waals surface area contributed by atoms with Gasteiger partial charge in [0.25, 0.3) is 0 Å². The average Bonchev–Trinajstić information content (AvgIpc) is 2.45. The minimum atomic E-state index is -0.136. The van der Waals surface area contributed by atoms with Crippen molar-refractivity contribution in [3.63, 3.8) is 0 Å². The fourth-order valence-electron chi connectivity index (χ4n) is 2.23. The highest BCUT2D eigenvalue weighted by atomic mass is 19.1. The van der Waals surface area contributed by atoms with Crippen LogP contribution in [0.3, 0.4) is 0 Å². The number of halogens is 1. The van der Waals surface area contributed by atoms with Gasteiger partial charge < -0.3 is 5.32 Å². The Labute approximate surface area is 113 Å². The van der Waals surface area contributed by atoms with Crippen molar-refractivity contribution in [3.05, 3.63) is 65.7 Å². The highest BCUT2D eigenvalue weighted by Crippen LogP contribution is 2.21. The van der Waals surface area contributed by atoms with E-state index >= 15 is 0 Å². The van der Waals surface area contributed by atoms with E-state index in [1.807, 2.05) is 31.2 Å². The van der Waals surface area contributed by atoms with Gasteiger partial charge in [0.05, 0.1) is 0 Å². The summed E-state index contributed by atoms with van der Waals surface area (Å²) in [5.41, 5.74) is 1.98. The van der Waals surface area contributed by atoms with Crippen molar-refractivity contribution in [2.24, 2.45) is 0 Å². The van der Waals surface area contributed by atoms with Crippen LogP contribution in [0.25, 0.3) is 0 Å². The van der Waals surface area contributed by atoms with E-state index in [0.717, 1.165) is 24.9 Å². The highest BCUT2D eigenvalue weighted by molar-refractivity contribution is 5.22. The summed E-state index contributed by atoms with van der Waals surface area (Å²) in [5.74, 6) is -0.136. The van der Waals surface area contributed by atoms with Gasteiger partial charge in [0.1, 0.15) is 5.82 Å². The van der Waals surface area contributed by atoms with E-state index in [0.29, 0.717) is 0 Å². The molecule has 0 radical (unpaired) electrons. The highest BCUT2D eigenvalue weighted by Gasteiger charge is 2.14. The number of aromatic nitrogens is 1. The molecule has 3 heteroatoms. The maximum absolute atomic E-state index is 13.8. The van der Waals surface area contributed by atoms with E-state index in [-0.39, 0.29) is 11.9 Å². The molecule has 0 bridgehead atoms. The van der Waals surface area contributed by atoms with E-state index in [1.54, 1.807) is 18.5 Å². The maximum Gasteiger partial charge on any atom is 0.127 e. The van der Waals surface area contributed by atoms with Crippen LogP contribution in [0, 0.1) is 5.82 Å². The maximum atomic E-state index is 13.8. The topological polar surface area (TPSA) is 24.9 Å². The molecular formula is C16H19FN2. The second-order valence-corrected chi connectivity index (χ2v) is 4.53. The number of pyridine rings is 1. The molecule has 2 rings (SSSR count). The zero-order chi connectivity index (χ0) is 13.5. The first-order valence-corrected chi connectivity index (χ1v) is 6.68. The van der Waals surface area contributed by atoms with Gasteiger partial charge in [-0.2, -0.15) is 0 Å². The molecule has 0 spiro atoms. The molecule has 0 saturated carbocycles. The molecule has 1 unspecified atom stereocenters. The number of aryl methyl sites for hydroxylation is 1. The van der Waals surface area contributed by atoms with Crippen LogP contribution in [0.5, 0.6) is 0 Å². The molecule has 1 N–H and O–H groups in total. The van der Waals surface area contributed by atoms with Crippen molar-refractivity contribution in [3.8, 4) is 0 Å². The Morgan fingerprint density at radius 3 is 2.58 bits per heavy atom.